The Labute approximate surface area is 356 Å². The lowest BCUT2D eigenvalue weighted by Gasteiger charge is -2.28. The van der Waals surface area contributed by atoms with Crippen LogP contribution >= 0.6 is 0 Å². The van der Waals surface area contributed by atoms with Gasteiger partial charge in [-0.3, -0.25) is 0 Å². The van der Waals surface area contributed by atoms with Gasteiger partial charge in [-0.15, -0.1) is 0 Å². The van der Waals surface area contributed by atoms with Gasteiger partial charge in [0, 0.05) is 38.9 Å². The molecule has 11 aromatic rings. The fourth-order valence-corrected chi connectivity index (χ4v) is 10.2. The maximum atomic E-state index is 2.42. The molecule has 0 unspecified atom stereocenters. The summed E-state index contributed by atoms with van der Waals surface area (Å²) in [5.41, 5.74) is 17.1. The lowest BCUT2D eigenvalue weighted by atomic mass is 9.82. The van der Waals surface area contributed by atoms with Crippen LogP contribution in [0.4, 0.5) is 17.1 Å². The zero-order chi connectivity index (χ0) is 40.7. The third kappa shape index (κ3) is 5.56. The van der Waals surface area contributed by atoms with Crippen LogP contribution in [0.5, 0.6) is 0 Å². The number of rotatable bonds is 6. The Bertz CT molecular complexity index is 3480. The van der Waals surface area contributed by atoms with Gasteiger partial charge in [0.15, 0.2) is 0 Å². The van der Waals surface area contributed by atoms with Gasteiger partial charge in [0.05, 0.1) is 11.0 Å². The lowest BCUT2D eigenvalue weighted by Crippen LogP contribution is -2.16. The van der Waals surface area contributed by atoms with Gasteiger partial charge >= 0.3 is 0 Å². The molecular formula is C59H42N2. The number of aromatic nitrogens is 1. The molecule has 0 aliphatic heterocycles. The predicted octanol–water partition coefficient (Wildman–Crippen LogP) is 16.2. The molecule has 0 saturated carbocycles. The van der Waals surface area contributed by atoms with E-state index in [1.54, 1.807) is 0 Å². The van der Waals surface area contributed by atoms with Crippen molar-refractivity contribution in [2.75, 3.05) is 4.90 Å². The smallest absolute Gasteiger partial charge is 0.0547 e. The number of para-hydroxylation sites is 2. The van der Waals surface area contributed by atoms with Crippen LogP contribution < -0.4 is 4.90 Å². The maximum absolute atomic E-state index is 2.42. The summed E-state index contributed by atoms with van der Waals surface area (Å²) in [4.78, 5) is 2.42. The Morgan fingerprint density at radius 2 is 0.934 bits per heavy atom. The van der Waals surface area contributed by atoms with Gasteiger partial charge in [-0.2, -0.15) is 0 Å². The molecule has 0 bridgehead atoms. The molecule has 1 aliphatic carbocycles. The van der Waals surface area contributed by atoms with Crippen molar-refractivity contribution < 1.29 is 0 Å². The molecule has 0 radical (unpaired) electrons. The molecule has 0 N–H and O–H groups in total. The first-order chi connectivity index (χ1) is 30.0. The summed E-state index contributed by atoms with van der Waals surface area (Å²) in [5.74, 6) is 0. The van der Waals surface area contributed by atoms with Gasteiger partial charge in [-0.25, -0.2) is 0 Å². The van der Waals surface area contributed by atoms with Crippen LogP contribution in [0.1, 0.15) is 25.0 Å². The van der Waals surface area contributed by atoms with E-state index in [-0.39, 0.29) is 5.41 Å². The van der Waals surface area contributed by atoms with E-state index in [9.17, 15) is 0 Å². The topological polar surface area (TPSA) is 8.17 Å². The Kier molecular flexibility index (Phi) is 7.92. The van der Waals surface area contributed by atoms with E-state index in [0.717, 1.165) is 22.7 Å². The first-order valence-electron chi connectivity index (χ1n) is 21.3. The molecule has 1 aliphatic rings. The second kappa shape index (κ2) is 13.7. The summed E-state index contributed by atoms with van der Waals surface area (Å²) < 4.78 is 2.39. The highest BCUT2D eigenvalue weighted by Crippen LogP contribution is 2.51. The molecule has 0 spiro atoms. The second-order valence-electron chi connectivity index (χ2n) is 16.9. The molecule has 12 rings (SSSR count). The minimum Gasteiger partial charge on any atom is -0.310 e. The predicted molar refractivity (Wildman–Crippen MR) is 259 cm³/mol. The standard InChI is InChI=1S/C59H42N2/c1-59(2)55-21-10-8-17-51(55)52-36-33-46(38-56(52)59)60(45-31-25-41(26-32-45)48-19-12-20-49-47-16-7-6-13-40(47)27-34-50(48)49)44-29-23-39(24-30-44)42-28-35-54-53-18-9-11-22-57(53)61(58(54)37-42)43-14-4-3-5-15-43/h3-38H,1-2H3. The number of nitrogens with zero attached hydrogens (tertiary/aromatic N) is 2. The number of anilines is 3. The van der Waals surface area contributed by atoms with Crippen LogP contribution in [0.15, 0.2) is 218 Å². The molecule has 2 nitrogen and oxygen atoms in total. The lowest BCUT2D eigenvalue weighted by molar-refractivity contribution is 0.660. The molecule has 1 aromatic heterocycles. The van der Waals surface area contributed by atoms with Gasteiger partial charge in [0.1, 0.15) is 0 Å². The van der Waals surface area contributed by atoms with Crippen molar-refractivity contribution in [2.24, 2.45) is 0 Å². The molecule has 288 valence electrons. The summed E-state index contributed by atoms with van der Waals surface area (Å²) in [6.07, 6.45) is 0. The maximum Gasteiger partial charge on any atom is 0.0547 e. The second-order valence-corrected chi connectivity index (χ2v) is 16.9. The third-order valence-corrected chi connectivity index (χ3v) is 13.2. The normalized spacial score (nSPS) is 12.9. The number of fused-ring (bicyclic) bond motifs is 9. The highest BCUT2D eigenvalue weighted by molar-refractivity contribution is 6.12. The molecular weight excluding hydrogens is 737 g/mol. The van der Waals surface area contributed by atoms with Crippen molar-refractivity contribution in [3.63, 3.8) is 0 Å². The minimum atomic E-state index is -0.110. The van der Waals surface area contributed by atoms with Gasteiger partial charge in [0.2, 0.25) is 0 Å². The Hall–Kier alpha value is -7.68. The summed E-state index contributed by atoms with van der Waals surface area (Å²) in [6, 6.07) is 80.4. The van der Waals surface area contributed by atoms with Gasteiger partial charge in [0.25, 0.3) is 0 Å². The average Bonchev–Trinajstić information content (AvgIpc) is 3.77. The number of benzene rings is 10. The molecule has 0 fully saturated rings. The molecule has 0 atom stereocenters. The van der Waals surface area contributed by atoms with Crippen molar-refractivity contribution in [3.8, 4) is 39.1 Å². The molecule has 2 heteroatoms. The third-order valence-electron chi connectivity index (χ3n) is 13.2. The highest BCUT2D eigenvalue weighted by atomic mass is 15.1. The van der Waals surface area contributed by atoms with Gasteiger partial charge < -0.3 is 9.47 Å². The monoisotopic (exact) mass is 778 g/mol. The zero-order valence-electron chi connectivity index (χ0n) is 34.2. The highest BCUT2D eigenvalue weighted by Gasteiger charge is 2.35. The van der Waals surface area contributed by atoms with Crippen molar-refractivity contribution in [3.05, 3.63) is 230 Å². The number of hydrogen-bond acceptors (Lipinski definition) is 1. The van der Waals surface area contributed by atoms with E-state index in [1.165, 1.54) is 87.9 Å². The van der Waals surface area contributed by atoms with Crippen LogP contribution in [0.2, 0.25) is 0 Å². The molecule has 0 saturated heterocycles. The van der Waals surface area contributed by atoms with Crippen LogP contribution in [-0.4, -0.2) is 4.57 Å². The first-order valence-corrected chi connectivity index (χ1v) is 21.3. The SMILES string of the molecule is CC1(C)c2ccccc2-c2ccc(N(c3ccc(-c4ccc5c6ccccc6n(-c6ccccc6)c5c4)cc3)c3ccc(-c4cccc5c4ccc4ccccc45)cc3)cc21. The van der Waals surface area contributed by atoms with E-state index < -0.39 is 0 Å². The quantitative estimate of drug-likeness (QED) is 0.153. The van der Waals surface area contributed by atoms with Crippen molar-refractivity contribution in [1.29, 1.82) is 0 Å². The van der Waals surface area contributed by atoms with Crippen LogP contribution in [0.25, 0.3) is 82.4 Å². The largest absolute Gasteiger partial charge is 0.310 e. The average molecular weight is 779 g/mol. The fourth-order valence-electron chi connectivity index (χ4n) is 10.2. The van der Waals surface area contributed by atoms with Crippen LogP contribution in [-0.2, 0) is 5.41 Å². The van der Waals surface area contributed by atoms with Crippen molar-refractivity contribution in [2.45, 2.75) is 19.3 Å². The van der Waals surface area contributed by atoms with Crippen LogP contribution in [0, 0.1) is 0 Å². The summed E-state index contributed by atoms with van der Waals surface area (Å²) in [7, 11) is 0. The summed E-state index contributed by atoms with van der Waals surface area (Å²) >= 11 is 0. The number of hydrogen-bond donors (Lipinski definition) is 0. The Morgan fingerprint density at radius 3 is 1.75 bits per heavy atom. The van der Waals surface area contributed by atoms with E-state index in [2.05, 4.69) is 242 Å². The Balaban J connectivity index is 0.970. The minimum absolute atomic E-state index is 0.110. The van der Waals surface area contributed by atoms with E-state index in [0.29, 0.717) is 0 Å². The Morgan fingerprint density at radius 1 is 0.344 bits per heavy atom. The zero-order valence-corrected chi connectivity index (χ0v) is 34.2. The van der Waals surface area contributed by atoms with Crippen molar-refractivity contribution >= 4 is 60.4 Å². The molecule has 10 aromatic carbocycles. The summed E-state index contributed by atoms with van der Waals surface area (Å²) in [5, 5.41) is 7.62. The fraction of sp³-hybridized carbons (Fsp3) is 0.0508. The molecule has 0 amide bonds. The van der Waals surface area contributed by atoms with E-state index in [1.807, 2.05) is 0 Å². The molecule has 61 heavy (non-hydrogen) atoms. The first kappa shape index (κ1) is 35.3. The van der Waals surface area contributed by atoms with Gasteiger partial charge in [-0.1, -0.05) is 172 Å². The van der Waals surface area contributed by atoms with Crippen molar-refractivity contribution in [1.82, 2.24) is 4.57 Å². The van der Waals surface area contributed by atoms with E-state index in [4.69, 9.17) is 0 Å². The van der Waals surface area contributed by atoms with Crippen LogP contribution in [0.3, 0.4) is 0 Å². The summed E-state index contributed by atoms with van der Waals surface area (Å²) in [6.45, 7) is 4.72. The molecule has 1 heterocycles. The van der Waals surface area contributed by atoms with Gasteiger partial charge in [-0.05, 0) is 127 Å². The van der Waals surface area contributed by atoms with E-state index >= 15 is 0 Å².